The van der Waals surface area contributed by atoms with Crippen molar-refractivity contribution in [3.8, 4) is 0 Å². The Bertz CT molecular complexity index is 612. The summed E-state index contributed by atoms with van der Waals surface area (Å²) in [5.74, 6) is -0.156. The molecule has 1 aliphatic carbocycles. The minimum absolute atomic E-state index is 0.0750. The van der Waals surface area contributed by atoms with Gasteiger partial charge in [-0.2, -0.15) is 5.10 Å². The molecule has 1 aromatic heterocycles. The van der Waals surface area contributed by atoms with E-state index in [2.05, 4.69) is 15.5 Å². The predicted molar refractivity (Wildman–Crippen MR) is 84.2 cm³/mol. The third-order valence-electron chi connectivity index (χ3n) is 5.03. The zero-order valence-corrected chi connectivity index (χ0v) is 13.8. The van der Waals surface area contributed by atoms with Crippen LogP contribution in [0.3, 0.4) is 0 Å². The average molecular weight is 320 g/mol. The van der Waals surface area contributed by atoms with Gasteiger partial charge in [0.05, 0.1) is 18.6 Å². The maximum absolute atomic E-state index is 13.1. The van der Waals surface area contributed by atoms with Gasteiger partial charge in [0.15, 0.2) is 5.69 Å². The van der Waals surface area contributed by atoms with Crippen LogP contribution in [0.1, 0.15) is 47.4 Å². The second-order valence-corrected chi connectivity index (χ2v) is 6.45. The molecule has 0 saturated carbocycles. The first kappa shape index (κ1) is 16.0. The summed E-state index contributed by atoms with van der Waals surface area (Å²) in [6.45, 7) is 1.000. The van der Waals surface area contributed by atoms with Crippen molar-refractivity contribution in [1.29, 1.82) is 0 Å². The normalized spacial score (nSPS) is 23.1. The molecule has 3 rings (SSSR count). The first-order chi connectivity index (χ1) is 11.1. The number of nitrogens with zero attached hydrogens (tertiary/aromatic N) is 2. The number of methoxy groups -OCH3 is 1. The number of likely N-dealkylation sites (tertiary alicyclic amines) is 1. The predicted octanol–water partition coefficient (Wildman–Crippen LogP) is 0.656. The molecular formula is C16H24N4O3. The van der Waals surface area contributed by atoms with Gasteiger partial charge in [0.2, 0.25) is 5.91 Å². The molecule has 1 saturated heterocycles. The Labute approximate surface area is 135 Å². The van der Waals surface area contributed by atoms with Crippen molar-refractivity contribution >= 4 is 11.8 Å². The minimum Gasteiger partial charge on any atom is -0.382 e. The van der Waals surface area contributed by atoms with Gasteiger partial charge in [0.25, 0.3) is 5.91 Å². The molecule has 1 aliphatic heterocycles. The highest BCUT2D eigenvalue weighted by atomic mass is 16.5. The maximum atomic E-state index is 13.1. The van der Waals surface area contributed by atoms with Crippen molar-refractivity contribution < 1.29 is 14.3 Å². The number of H-pyrrole nitrogens is 1. The van der Waals surface area contributed by atoms with E-state index >= 15 is 0 Å². The Morgan fingerprint density at radius 3 is 2.96 bits per heavy atom. The largest absolute Gasteiger partial charge is 0.382 e. The summed E-state index contributed by atoms with van der Waals surface area (Å²) < 4.78 is 5.36. The first-order valence-corrected chi connectivity index (χ1v) is 8.19. The number of aryl methyl sites for hydroxylation is 1. The van der Waals surface area contributed by atoms with E-state index in [1.54, 1.807) is 19.1 Å². The molecule has 23 heavy (non-hydrogen) atoms. The fraction of sp³-hybridized carbons (Fsp3) is 0.688. The molecule has 2 N–H and O–H groups in total. The maximum Gasteiger partial charge on any atom is 0.275 e. The number of carbonyl (C=O) groups is 2. The number of aromatic amines is 1. The second kappa shape index (κ2) is 6.31. The number of ether oxygens (including phenoxy) is 1. The Hall–Kier alpha value is -1.89. The van der Waals surface area contributed by atoms with Gasteiger partial charge in [-0.1, -0.05) is 0 Å². The Morgan fingerprint density at radius 2 is 2.22 bits per heavy atom. The highest BCUT2D eigenvalue weighted by Crippen LogP contribution is 2.35. The highest BCUT2D eigenvalue weighted by Gasteiger charge is 2.46. The van der Waals surface area contributed by atoms with E-state index in [4.69, 9.17) is 4.74 Å². The quantitative estimate of drug-likeness (QED) is 0.834. The van der Waals surface area contributed by atoms with Gasteiger partial charge in [-0.05, 0) is 32.1 Å². The molecule has 0 aromatic carbocycles. The summed E-state index contributed by atoms with van der Waals surface area (Å²) in [5.41, 5.74) is 2.08. The molecular weight excluding hydrogens is 296 g/mol. The fourth-order valence-electron chi connectivity index (χ4n) is 3.92. The number of fused-ring (bicyclic) bond motifs is 1. The zero-order chi connectivity index (χ0) is 16.4. The van der Waals surface area contributed by atoms with Crippen LogP contribution < -0.4 is 5.32 Å². The van der Waals surface area contributed by atoms with Crippen LogP contribution in [0.2, 0.25) is 0 Å². The molecule has 0 radical (unpaired) electrons. The SMILES string of the molecule is CNC(=O)C[C@]1(COC)CCCN1C(=O)c1n[nH]c2c1CCC2. The van der Waals surface area contributed by atoms with E-state index in [9.17, 15) is 9.59 Å². The lowest BCUT2D eigenvalue weighted by molar-refractivity contribution is -0.123. The smallest absolute Gasteiger partial charge is 0.275 e. The van der Waals surface area contributed by atoms with Crippen LogP contribution in [0, 0.1) is 0 Å². The van der Waals surface area contributed by atoms with Crippen molar-refractivity contribution in [1.82, 2.24) is 20.4 Å². The number of hydrogen-bond donors (Lipinski definition) is 2. The third kappa shape index (κ3) is 2.73. The van der Waals surface area contributed by atoms with Gasteiger partial charge in [-0.25, -0.2) is 0 Å². The molecule has 0 bridgehead atoms. The fourth-order valence-corrected chi connectivity index (χ4v) is 3.92. The lowest BCUT2D eigenvalue weighted by Crippen LogP contribution is -2.53. The molecule has 2 aliphatic rings. The summed E-state index contributed by atoms with van der Waals surface area (Å²) in [4.78, 5) is 26.9. The van der Waals surface area contributed by atoms with E-state index < -0.39 is 5.54 Å². The van der Waals surface area contributed by atoms with Crippen LogP contribution >= 0.6 is 0 Å². The van der Waals surface area contributed by atoms with Crippen molar-refractivity contribution in [2.45, 2.75) is 44.1 Å². The lowest BCUT2D eigenvalue weighted by Gasteiger charge is -2.37. The molecule has 2 amide bonds. The Morgan fingerprint density at radius 1 is 1.39 bits per heavy atom. The third-order valence-corrected chi connectivity index (χ3v) is 5.03. The highest BCUT2D eigenvalue weighted by molar-refractivity contribution is 5.95. The van der Waals surface area contributed by atoms with Gasteiger partial charge in [0, 0.05) is 32.0 Å². The molecule has 126 valence electrons. The zero-order valence-electron chi connectivity index (χ0n) is 13.8. The van der Waals surface area contributed by atoms with E-state index in [0.717, 1.165) is 43.4 Å². The minimum atomic E-state index is -0.573. The molecule has 1 fully saturated rings. The number of aromatic nitrogens is 2. The van der Waals surface area contributed by atoms with Crippen LogP contribution in [-0.2, 0) is 22.4 Å². The number of rotatable bonds is 5. The van der Waals surface area contributed by atoms with E-state index in [-0.39, 0.29) is 18.2 Å². The van der Waals surface area contributed by atoms with Gasteiger partial charge >= 0.3 is 0 Å². The molecule has 2 heterocycles. The first-order valence-electron chi connectivity index (χ1n) is 8.19. The summed E-state index contributed by atoms with van der Waals surface area (Å²) in [6.07, 6.45) is 4.82. The van der Waals surface area contributed by atoms with E-state index in [1.807, 2.05) is 0 Å². The van der Waals surface area contributed by atoms with Gasteiger partial charge in [-0.3, -0.25) is 14.7 Å². The van der Waals surface area contributed by atoms with Crippen LogP contribution in [0.4, 0.5) is 0 Å². The number of hydrogen-bond acceptors (Lipinski definition) is 4. The van der Waals surface area contributed by atoms with Crippen LogP contribution in [0.15, 0.2) is 0 Å². The average Bonchev–Trinajstić information content (AvgIpc) is 3.22. The summed E-state index contributed by atoms with van der Waals surface area (Å²) in [7, 11) is 3.23. The van der Waals surface area contributed by atoms with Crippen LogP contribution in [0.25, 0.3) is 0 Å². The molecule has 0 unspecified atom stereocenters. The molecule has 7 heteroatoms. The Balaban J connectivity index is 1.89. The van der Waals surface area contributed by atoms with E-state index in [0.29, 0.717) is 18.8 Å². The topological polar surface area (TPSA) is 87.3 Å². The van der Waals surface area contributed by atoms with Crippen molar-refractivity contribution in [3.05, 3.63) is 17.0 Å². The Kier molecular flexibility index (Phi) is 4.39. The summed E-state index contributed by atoms with van der Waals surface area (Å²) in [6, 6.07) is 0. The summed E-state index contributed by atoms with van der Waals surface area (Å²) >= 11 is 0. The molecule has 1 atom stereocenters. The van der Waals surface area contributed by atoms with Gasteiger partial charge in [-0.15, -0.1) is 0 Å². The molecule has 0 spiro atoms. The number of nitrogens with one attached hydrogen (secondary N) is 2. The molecule has 7 nitrogen and oxygen atoms in total. The number of amides is 2. The standard InChI is InChI=1S/C16H24N4O3/c1-17-13(21)9-16(10-23-2)7-4-8-20(16)15(22)14-11-5-3-6-12(11)18-19-14/h3-10H2,1-2H3,(H,17,21)(H,18,19)/t16-/m0/s1. The van der Waals surface area contributed by atoms with Crippen LogP contribution in [0.5, 0.6) is 0 Å². The monoisotopic (exact) mass is 320 g/mol. The van der Waals surface area contributed by atoms with E-state index in [1.165, 1.54) is 0 Å². The molecule has 1 aromatic rings. The number of carbonyl (C=O) groups excluding carboxylic acids is 2. The second-order valence-electron chi connectivity index (χ2n) is 6.45. The summed E-state index contributed by atoms with van der Waals surface area (Å²) in [5, 5.41) is 9.90. The van der Waals surface area contributed by atoms with Gasteiger partial charge < -0.3 is 15.0 Å². The van der Waals surface area contributed by atoms with Crippen molar-refractivity contribution in [3.63, 3.8) is 0 Å². The lowest BCUT2D eigenvalue weighted by atomic mass is 9.91. The van der Waals surface area contributed by atoms with Crippen molar-refractivity contribution in [2.24, 2.45) is 0 Å². The van der Waals surface area contributed by atoms with Crippen molar-refractivity contribution in [2.75, 3.05) is 27.3 Å². The van der Waals surface area contributed by atoms with Gasteiger partial charge in [0.1, 0.15) is 0 Å². The van der Waals surface area contributed by atoms with Crippen LogP contribution in [-0.4, -0.2) is 59.8 Å².